The maximum atomic E-state index is 3.55. The number of pyridine rings is 1. The Hall–Kier alpha value is -2.80. The first-order valence-corrected chi connectivity index (χ1v) is 7.21. The number of aromatic nitrogens is 1. The summed E-state index contributed by atoms with van der Waals surface area (Å²) < 4.78 is 0. The van der Waals surface area contributed by atoms with Gasteiger partial charge in [0.15, 0.2) is 0 Å². The van der Waals surface area contributed by atoms with Gasteiger partial charge < -0.3 is 4.98 Å². The lowest BCUT2D eigenvalue weighted by Gasteiger charge is -2.04. The van der Waals surface area contributed by atoms with Crippen molar-refractivity contribution < 1.29 is 0 Å². The van der Waals surface area contributed by atoms with Crippen LogP contribution >= 0.6 is 0 Å². The molecule has 0 spiro atoms. The fraction of sp³-hybridized carbons (Fsp3) is 0. The minimum absolute atomic E-state index is 1.18. The van der Waals surface area contributed by atoms with Crippen molar-refractivity contribution in [2.45, 2.75) is 0 Å². The van der Waals surface area contributed by atoms with Crippen LogP contribution in [0.5, 0.6) is 0 Å². The molecule has 0 atom stereocenters. The van der Waals surface area contributed by atoms with Crippen LogP contribution in [-0.2, 0) is 0 Å². The first kappa shape index (κ1) is 10.9. The Morgan fingerprint density at radius 1 is 0.476 bits per heavy atom. The molecule has 1 N–H and O–H groups in total. The van der Waals surface area contributed by atoms with Gasteiger partial charge in [-0.2, -0.15) is 0 Å². The molecule has 0 aliphatic carbocycles. The number of aromatic amines is 1. The summed E-state index contributed by atoms with van der Waals surface area (Å²) in [5.74, 6) is 0. The zero-order valence-electron chi connectivity index (χ0n) is 11.4. The first-order chi connectivity index (χ1) is 10.4. The monoisotopic (exact) mass is 267 g/mol. The fourth-order valence-electron chi connectivity index (χ4n) is 3.30. The summed E-state index contributed by atoms with van der Waals surface area (Å²) >= 11 is 0. The Kier molecular flexibility index (Phi) is 2.01. The Morgan fingerprint density at radius 2 is 1.24 bits per heavy atom. The normalized spacial score (nSPS) is 11.8. The highest BCUT2D eigenvalue weighted by Crippen LogP contribution is 2.32. The van der Waals surface area contributed by atoms with Crippen LogP contribution in [0.4, 0.5) is 0 Å². The van der Waals surface area contributed by atoms with Crippen LogP contribution in [0, 0.1) is 0 Å². The van der Waals surface area contributed by atoms with E-state index in [1.807, 2.05) is 0 Å². The summed E-state index contributed by atoms with van der Waals surface area (Å²) in [5.41, 5.74) is 2.37. The quantitative estimate of drug-likeness (QED) is 0.350. The molecule has 1 heterocycles. The van der Waals surface area contributed by atoms with Crippen molar-refractivity contribution in [2.75, 3.05) is 0 Å². The molecule has 1 aromatic heterocycles. The molecule has 4 aromatic carbocycles. The van der Waals surface area contributed by atoms with E-state index in [0.29, 0.717) is 0 Å². The van der Waals surface area contributed by atoms with Crippen LogP contribution in [0.1, 0.15) is 0 Å². The summed E-state index contributed by atoms with van der Waals surface area (Å²) in [4.78, 5) is 3.55. The van der Waals surface area contributed by atoms with Gasteiger partial charge in [0, 0.05) is 11.0 Å². The third-order valence-electron chi connectivity index (χ3n) is 4.32. The summed E-state index contributed by atoms with van der Waals surface area (Å²) in [6.07, 6.45) is 0. The minimum atomic E-state index is 1.18. The minimum Gasteiger partial charge on any atom is -0.355 e. The highest BCUT2D eigenvalue weighted by molar-refractivity contribution is 6.15. The average molecular weight is 267 g/mol. The van der Waals surface area contributed by atoms with Crippen molar-refractivity contribution >= 4 is 43.4 Å². The number of H-pyrrole nitrogens is 1. The number of fused-ring (bicyclic) bond motifs is 5. The van der Waals surface area contributed by atoms with Gasteiger partial charge in [0.25, 0.3) is 0 Å². The Labute approximate surface area is 121 Å². The fourth-order valence-corrected chi connectivity index (χ4v) is 3.30. The van der Waals surface area contributed by atoms with E-state index in [2.05, 4.69) is 77.8 Å². The third kappa shape index (κ3) is 1.52. The van der Waals surface area contributed by atoms with Crippen molar-refractivity contribution in [2.24, 2.45) is 0 Å². The molecular weight excluding hydrogens is 254 g/mol. The molecule has 0 bridgehead atoms. The zero-order valence-corrected chi connectivity index (χ0v) is 11.4. The molecule has 0 aliphatic heterocycles. The highest BCUT2D eigenvalue weighted by atomic mass is 14.7. The molecule has 0 saturated heterocycles. The Morgan fingerprint density at radius 3 is 2.19 bits per heavy atom. The van der Waals surface area contributed by atoms with E-state index in [0.717, 1.165) is 0 Å². The van der Waals surface area contributed by atoms with Gasteiger partial charge in [-0.1, -0.05) is 42.5 Å². The number of nitrogens with one attached hydrogen (secondary N) is 1. The average Bonchev–Trinajstić information content (AvgIpc) is 2.88. The second-order valence-electron chi connectivity index (χ2n) is 5.61. The lowest BCUT2D eigenvalue weighted by Crippen LogP contribution is -1.82. The van der Waals surface area contributed by atoms with E-state index in [4.69, 9.17) is 0 Å². The van der Waals surface area contributed by atoms with Crippen LogP contribution in [0.25, 0.3) is 43.4 Å². The standard InChI is InChI=1S/C20H13N/c1-3-7-17-13(5-1)9-15-12-20-16(11-18(15)17)10-14-6-2-4-8-19(14)21-20/h1-12,21H. The number of hydrogen-bond donors (Lipinski definition) is 1. The molecule has 1 nitrogen and oxygen atoms in total. The van der Waals surface area contributed by atoms with Gasteiger partial charge >= 0.3 is 0 Å². The molecule has 1 heteroatoms. The van der Waals surface area contributed by atoms with E-state index in [-0.39, 0.29) is 0 Å². The molecule has 0 saturated carbocycles. The van der Waals surface area contributed by atoms with E-state index in [1.165, 1.54) is 43.4 Å². The van der Waals surface area contributed by atoms with Crippen LogP contribution < -0.4 is 0 Å². The van der Waals surface area contributed by atoms with Gasteiger partial charge in [0.05, 0.1) is 0 Å². The van der Waals surface area contributed by atoms with Crippen molar-refractivity contribution in [3.63, 3.8) is 0 Å². The van der Waals surface area contributed by atoms with Gasteiger partial charge in [-0.3, -0.25) is 0 Å². The number of benzene rings is 3. The number of hydrogen-bond acceptors (Lipinski definition) is 0. The van der Waals surface area contributed by atoms with E-state index in [1.54, 1.807) is 0 Å². The number of para-hydroxylation sites is 1. The maximum Gasteiger partial charge on any atom is 0.0464 e. The predicted molar refractivity (Wildman–Crippen MR) is 90.8 cm³/mol. The summed E-state index contributed by atoms with van der Waals surface area (Å²) in [5, 5.41) is 7.80. The van der Waals surface area contributed by atoms with Crippen LogP contribution in [0.3, 0.4) is 0 Å². The largest absolute Gasteiger partial charge is 0.355 e. The van der Waals surface area contributed by atoms with Gasteiger partial charge in [-0.25, -0.2) is 0 Å². The topological polar surface area (TPSA) is 15.8 Å². The molecule has 5 rings (SSSR count). The zero-order chi connectivity index (χ0) is 13.8. The predicted octanol–water partition coefficient (Wildman–Crippen LogP) is 5.63. The van der Waals surface area contributed by atoms with E-state index < -0.39 is 0 Å². The molecule has 98 valence electrons. The van der Waals surface area contributed by atoms with Gasteiger partial charge in [0.2, 0.25) is 0 Å². The maximum absolute atomic E-state index is 3.55. The molecule has 5 aromatic rings. The molecule has 0 fully saturated rings. The second-order valence-corrected chi connectivity index (χ2v) is 5.61. The molecular formula is C20H13N. The Bertz CT molecular complexity index is 1130. The lowest BCUT2D eigenvalue weighted by atomic mass is 10.1. The summed E-state index contributed by atoms with van der Waals surface area (Å²) in [6, 6.07) is 26.1. The van der Waals surface area contributed by atoms with E-state index in [9.17, 15) is 0 Å². The number of rotatable bonds is 0. The van der Waals surface area contributed by atoms with Crippen molar-refractivity contribution in [1.82, 2.24) is 4.98 Å². The molecule has 0 radical (unpaired) electrons. The van der Waals surface area contributed by atoms with Crippen molar-refractivity contribution in [1.29, 1.82) is 0 Å². The van der Waals surface area contributed by atoms with Gasteiger partial charge in [-0.15, -0.1) is 0 Å². The molecule has 0 amide bonds. The van der Waals surface area contributed by atoms with Crippen LogP contribution in [0.2, 0.25) is 0 Å². The van der Waals surface area contributed by atoms with Crippen LogP contribution in [0.15, 0.2) is 72.8 Å². The SMILES string of the molecule is c1ccc2[nH]c3cc4cc5ccccc5c4cc3cc2c1. The lowest BCUT2D eigenvalue weighted by molar-refractivity contribution is 1.51. The first-order valence-electron chi connectivity index (χ1n) is 7.21. The second kappa shape index (κ2) is 3.86. The summed E-state index contributed by atoms with van der Waals surface area (Å²) in [7, 11) is 0. The molecule has 0 unspecified atom stereocenters. The van der Waals surface area contributed by atoms with Crippen molar-refractivity contribution in [3.05, 3.63) is 72.8 Å². The summed E-state index contributed by atoms with van der Waals surface area (Å²) in [6.45, 7) is 0. The highest BCUT2D eigenvalue weighted by Gasteiger charge is 2.06. The van der Waals surface area contributed by atoms with Gasteiger partial charge in [-0.05, 0) is 62.6 Å². The molecule has 21 heavy (non-hydrogen) atoms. The smallest absolute Gasteiger partial charge is 0.0464 e. The van der Waals surface area contributed by atoms with Gasteiger partial charge in [0.1, 0.15) is 0 Å². The molecule has 0 aliphatic rings. The third-order valence-corrected chi connectivity index (χ3v) is 4.32. The Balaban J connectivity index is 1.99. The van der Waals surface area contributed by atoms with Crippen LogP contribution in [-0.4, -0.2) is 4.98 Å². The van der Waals surface area contributed by atoms with E-state index >= 15 is 0 Å². The van der Waals surface area contributed by atoms with Crippen molar-refractivity contribution in [3.8, 4) is 0 Å².